The number of hydrogen-bond donors (Lipinski definition) is 1. The van der Waals surface area contributed by atoms with Crippen LogP contribution in [0.15, 0.2) is 35.3 Å². The summed E-state index contributed by atoms with van der Waals surface area (Å²) >= 11 is 0. The zero-order valence-electron chi connectivity index (χ0n) is 19.0. The summed E-state index contributed by atoms with van der Waals surface area (Å²) in [6, 6.07) is 11.0. The summed E-state index contributed by atoms with van der Waals surface area (Å²) in [5.41, 5.74) is 1.35. The number of likely N-dealkylation sites (tertiary alicyclic amines) is 1. The molecule has 7 heteroatoms. The Bertz CT molecular complexity index is 629. The number of esters is 1. The first kappa shape index (κ1) is 26.7. The number of carbonyl (C=O) groups is 1. The van der Waals surface area contributed by atoms with Gasteiger partial charge in [-0.3, -0.25) is 14.7 Å². The second kappa shape index (κ2) is 14.6. The van der Waals surface area contributed by atoms with Crippen LogP contribution in [0.3, 0.4) is 0 Å². The van der Waals surface area contributed by atoms with E-state index < -0.39 is 0 Å². The number of nitrogens with zero attached hydrogens (tertiary/aromatic N) is 3. The molecule has 0 aromatic heterocycles. The van der Waals surface area contributed by atoms with E-state index in [2.05, 4.69) is 66.2 Å². The molecule has 1 saturated heterocycles. The van der Waals surface area contributed by atoms with Crippen molar-refractivity contribution >= 4 is 35.9 Å². The number of guanidine groups is 1. The van der Waals surface area contributed by atoms with Gasteiger partial charge in [0.1, 0.15) is 0 Å². The lowest BCUT2D eigenvalue weighted by molar-refractivity contribution is -0.146. The van der Waals surface area contributed by atoms with Crippen molar-refractivity contribution in [2.75, 3.05) is 46.4 Å². The second-order valence-corrected chi connectivity index (χ2v) is 7.54. The fraction of sp³-hybridized carbons (Fsp3) is 0.652. The monoisotopic (exact) mass is 530 g/mol. The predicted octanol–water partition coefficient (Wildman–Crippen LogP) is 3.41. The summed E-state index contributed by atoms with van der Waals surface area (Å²) in [7, 11) is 1.47. The standard InChI is InChI=1S/C23H38N4O2.HI/c1-5-24-23(27-15-13-20(14-16-27)22(28)29-4)25-18-21(26(6-2)7-3)17-19-11-9-8-10-12-19;/h8-12,20-21H,5-7,13-18H2,1-4H3,(H,24,25);1H. The van der Waals surface area contributed by atoms with Crippen LogP contribution in [0, 0.1) is 5.92 Å². The van der Waals surface area contributed by atoms with E-state index in [4.69, 9.17) is 9.73 Å². The van der Waals surface area contributed by atoms with Crippen LogP contribution in [0.5, 0.6) is 0 Å². The largest absolute Gasteiger partial charge is 0.469 e. The topological polar surface area (TPSA) is 57.2 Å². The van der Waals surface area contributed by atoms with Crippen molar-refractivity contribution in [3.63, 3.8) is 0 Å². The van der Waals surface area contributed by atoms with Crippen molar-refractivity contribution in [3.8, 4) is 0 Å². The number of likely N-dealkylation sites (N-methyl/N-ethyl adjacent to an activating group) is 1. The van der Waals surface area contributed by atoms with Gasteiger partial charge in [0, 0.05) is 25.7 Å². The number of hydrogen-bond acceptors (Lipinski definition) is 4. The van der Waals surface area contributed by atoms with Crippen molar-refractivity contribution < 1.29 is 9.53 Å². The third-order valence-electron chi connectivity index (χ3n) is 5.76. The second-order valence-electron chi connectivity index (χ2n) is 7.54. The van der Waals surface area contributed by atoms with Gasteiger partial charge in [0.05, 0.1) is 19.6 Å². The molecule has 6 nitrogen and oxygen atoms in total. The molecule has 1 fully saturated rings. The molecule has 0 aliphatic carbocycles. The third-order valence-corrected chi connectivity index (χ3v) is 5.76. The Morgan fingerprint density at radius 1 is 1.20 bits per heavy atom. The van der Waals surface area contributed by atoms with Gasteiger partial charge in [-0.05, 0) is 44.8 Å². The Morgan fingerprint density at radius 3 is 2.37 bits per heavy atom. The van der Waals surface area contributed by atoms with Gasteiger partial charge in [0.2, 0.25) is 0 Å². The fourth-order valence-electron chi connectivity index (χ4n) is 4.05. The van der Waals surface area contributed by atoms with Crippen LogP contribution < -0.4 is 5.32 Å². The molecular formula is C23H39IN4O2. The summed E-state index contributed by atoms with van der Waals surface area (Å²) in [5, 5.41) is 3.45. The average Bonchev–Trinajstić information content (AvgIpc) is 2.77. The van der Waals surface area contributed by atoms with Crippen molar-refractivity contribution in [2.45, 2.75) is 46.1 Å². The average molecular weight is 530 g/mol. The van der Waals surface area contributed by atoms with Crippen LogP contribution in [-0.2, 0) is 16.0 Å². The molecule has 30 heavy (non-hydrogen) atoms. The minimum absolute atomic E-state index is 0. The molecule has 170 valence electrons. The van der Waals surface area contributed by atoms with Gasteiger partial charge in [-0.2, -0.15) is 0 Å². The molecule has 1 unspecified atom stereocenters. The van der Waals surface area contributed by atoms with Crippen molar-refractivity contribution in [3.05, 3.63) is 35.9 Å². The van der Waals surface area contributed by atoms with E-state index in [9.17, 15) is 4.79 Å². The van der Waals surface area contributed by atoms with Gasteiger partial charge >= 0.3 is 5.97 Å². The molecule has 0 spiro atoms. The highest BCUT2D eigenvalue weighted by Gasteiger charge is 2.27. The summed E-state index contributed by atoms with van der Waals surface area (Å²) in [6.45, 7) is 11.8. The fourth-order valence-corrected chi connectivity index (χ4v) is 4.05. The first-order valence-corrected chi connectivity index (χ1v) is 11.0. The number of benzene rings is 1. The van der Waals surface area contributed by atoms with Gasteiger partial charge in [-0.25, -0.2) is 0 Å². The van der Waals surface area contributed by atoms with Crippen molar-refractivity contribution in [2.24, 2.45) is 10.9 Å². The number of rotatable bonds is 9. The molecule has 1 aromatic carbocycles. The minimum atomic E-state index is -0.0870. The number of carbonyl (C=O) groups excluding carboxylic acids is 1. The molecule has 1 atom stereocenters. The molecule has 0 amide bonds. The summed E-state index contributed by atoms with van der Waals surface area (Å²) in [4.78, 5) is 21.6. The van der Waals surface area contributed by atoms with E-state index in [-0.39, 0.29) is 35.9 Å². The van der Waals surface area contributed by atoms with E-state index in [1.165, 1.54) is 12.7 Å². The Hall–Kier alpha value is -1.35. The highest BCUT2D eigenvalue weighted by Crippen LogP contribution is 2.19. The molecule has 0 saturated carbocycles. The normalized spacial score (nSPS) is 16.2. The smallest absolute Gasteiger partial charge is 0.308 e. The van der Waals surface area contributed by atoms with Crippen LogP contribution >= 0.6 is 24.0 Å². The number of ether oxygens (including phenoxy) is 1. The van der Waals surface area contributed by atoms with Gasteiger partial charge in [-0.15, -0.1) is 24.0 Å². The molecule has 1 N–H and O–H groups in total. The first-order valence-electron chi connectivity index (χ1n) is 11.0. The maximum Gasteiger partial charge on any atom is 0.308 e. The number of methoxy groups -OCH3 is 1. The molecule has 1 aliphatic heterocycles. The number of nitrogens with one attached hydrogen (secondary N) is 1. The Labute approximate surface area is 199 Å². The van der Waals surface area contributed by atoms with Gasteiger partial charge in [0.25, 0.3) is 0 Å². The number of aliphatic imine (C=N–C) groups is 1. The lowest BCUT2D eigenvalue weighted by Crippen LogP contribution is -2.47. The number of piperidine rings is 1. The molecule has 1 aliphatic rings. The van der Waals surface area contributed by atoms with E-state index in [0.717, 1.165) is 64.5 Å². The minimum Gasteiger partial charge on any atom is -0.469 e. The van der Waals surface area contributed by atoms with Crippen molar-refractivity contribution in [1.82, 2.24) is 15.1 Å². The van der Waals surface area contributed by atoms with E-state index >= 15 is 0 Å². The highest BCUT2D eigenvalue weighted by atomic mass is 127. The quantitative estimate of drug-likeness (QED) is 0.230. The highest BCUT2D eigenvalue weighted by molar-refractivity contribution is 14.0. The molecule has 1 heterocycles. The molecule has 0 bridgehead atoms. The van der Waals surface area contributed by atoms with E-state index in [0.29, 0.717) is 6.04 Å². The Balaban J connectivity index is 0.00000450. The molecule has 1 aromatic rings. The van der Waals surface area contributed by atoms with Gasteiger partial charge < -0.3 is 15.0 Å². The third kappa shape index (κ3) is 8.06. The maximum atomic E-state index is 11.8. The SMILES string of the molecule is CCNC(=NCC(Cc1ccccc1)N(CC)CC)N1CCC(C(=O)OC)CC1.I. The zero-order valence-corrected chi connectivity index (χ0v) is 21.3. The van der Waals surface area contributed by atoms with Gasteiger partial charge in [0.15, 0.2) is 5.96 Å². The zero-order chi connectivity index (χ0) is 21.1. The van der Waals surface area contributed by atoms with Gasteiger partial charge in [-0.1, -0.05) is 44.2 Å². The molecule has 0 radical (unpaired) electrons. The van der Waals surface area contributed by atoms with Crippen LogP contribution in [0.4, 0.5) is 0 Å². The van der Waals surface area contributed by atoms with Crippen molar-refractivity contribution in [1.29, 1.82) is 0 Å². The summed E-state index contributed by atoms with van der Waals surface area (Å²) in [5.74, 6) is 0.887. The summed E-state index contributed by atoms with van der Waals surface area (Å²) < 4.78 is 4.91. The van der Waals surface area contributed by atoms with E-state index in [1.807, 2.05) is 0 Å². The summed E-state index contributed by atoms with van der Waals surface area (Å²) in [6.07, 6.45) is 2.64. The number of halogens is 1. The lowest BCUT2D eigenvalue weighted by atomic mass is 9.97. The van der Waals surface area contributed by atoms with Crippen LogP contribution in [0.2, 0.25) is 0 Å². The van der Waals surface area contributed by atoms with Crippen LogP contribution in [-0.4, -0.2) is 74.1 Å². The Kier molecular flexibility index (Phi) is 13.0. The lowest BCUT2D eigenvalue weighted by Gasteiger charge is -2.34. The maximum absolute atomic E-state index is 11.8. The predicted molar refractivity (Wildman–Crippen MR) is 135 cm³/mol. The van der Waals surface area contributed by atoms with Crippen LogP contribution in [0.25, 0.3) is 0 Å². The molecular weight excluding hydrogens is 491 g/mol. The first-order chi connectivity index (χ1) is 14.1. The Morgan fingerprint density at radius 2 is 1.83 bits per heavy atom. The molecule has 2 rings (SSSR count). The van der Waals surface area contributed by atoms with Crippen LogP contribution in [0.1, 0.15) is 39.2 Å². The van der Waals surface area contributed by atoms with E-state index in [1.54, 1.807) is 0 Å².